The van der Waals surface area contributed by atoms with Gasteiger partial charge in [0.1, 0.15) is 11.5 Å². The Morgan fingerprint density at radius 3 is 2.05 bits per heavy atom. The number of ether oxygens (including phenoxy) is 2. The van der Waals surface area contributed by atoms with Crippen molar-refractivity contribution < 1.29 is 9.47 Å². The molecular weight excluding hydrogens is 240 g/mol. The number of nitrogens with one attached hydrogen (secondary N) is 2. The van der Waals surface area contributed by atoms with Crippen LogP contribution in [0.4, 0.5) is 0 Å². The van der Waals surface area contributed by atoms with Crippen molar-refractivity contribution in [1.29, 1.82) is 0 Å². The lowest BCUT2D eigenvalue weighted by molar-refractivity contribution is 0.380. The first-order valence-electron chi connectivity index (χ1n) is 6.63. The number of hydrogen-bond donors (Lipinski definition) is 2. The molecule has 0 aromatic heterocycles. The van der Waals surface area contributed by atoms with E-state index in [0.29, 0.717) is 0 Å². The number of benzene rings is 1. The van der Waals surface area contributed by atoms with Gasteiger partial charge in [0.25, 0.3) is 0 Å². The van der Waals surface area contributed by atoms with Crippen LogP contribution in [0, 0.1) is 0 Å². The molecule has 0 radical (unpaired) electrons. The molecule has 0 atom stereocenters. The second-order valence-corrected chi connectivity index (χ2v) is 5.49. The molecule has 0 aliphatic heterocycles. The van der Waals surface area contributed by atoms with E-state index in [2.05, 4.69) is 31.4 Å². The first kappa shape index (κ1) is 15.8. The van der Waals surface area contributed by atoms with Crippen molar-refractivity contribution in [3.05, 3.63) is 23.8 Å². The second kappa shape index (κ2) is 7.36. The Bertz CT molecular complexity index is 364. The number of hydrogen-bond acceptors (Lipinski definition) is 4. The summed E-state index contributed by atoms with van der Waals surface area (Å²) in [6.45, 7) is 9.06. The molecule has 1 aromatic rings. The average Bonchev–Trinajstić information content (AvgIpc) is 2.36. The van der Waals surface area contributed by atoms with Gasteiger partial charge in [-0.2, -0.15) is 0 Å². The summed E-state index contributed by atoms with van der Waals surface area (Å²) in [5, 5.41) is 6.84. The molecule has 0 saturated heterocycles. The minimum absolute atomic E-state index is 0.157. The van der Waals surface area contributed by atoms with Crippen LogP contribution in [0.5, 0.6) is 11.5 Å². The molecule has 1 aromatic carbocycles. The lowest BCUT2D eigenvalue weighted by Crippen LogP contribution is -2.40. The fraction of sp³-hybridized carbons (Fsp3) is 0.600. The summed E-state index contributed by atoms with van der Waals surface area (Å²) < 4.78 is 10.7. The molecule has 0 amide bonds. The Hall–Kier alpha value is -1.26. The molecule has 0 fully saturated rings. The molecule has 0 spiro atoms. The normalized spacial score (nSPS) is 11.4. The third-order valence-corrected chi connectivity index (χ3v) is 2.79. The quantitative estimate of drug-likeness (QED) is 0.742. The Morgan fingerprint density at radius 2 is 1.58 bits per heavy atom. The van der Waals surface area contributed by atoms with E-state index in [1.807, 2.05) is 18.2 Å². The summed E-state index contributed by atoms with van der Waals surface area (Å²) >= 11 is 0. The smallest absolute Gasteiger partial charge is 0.127 e. The number of rotatable bonds is 7. The van der Waals surface area contributed by atoms with Gasteiger partial charge in [-0.25, -0.2) is 0 Å². The van der Waals surface area contributed by atoms with Gasteiger partial charge in [0.2, 0.25) is 0 Å². The summed E-state index contributed by atoms with van der Waals surface area (Å²) in [5.41, 5.74) is 1.22. The molecule has 0 aliphatic rings. The molecule has 0 saturated carbocycles. The predicted molar refractivity (Wildman–Crippen MR) is 79.0 cm³/mol. The Balaban J connectivity index is 2.48. The van der Waals surface area contributed by atoms with Crippen LogP contribution >= 0.6 is 0 Å². The summed E-state index contributed by atoms with van der Waals surface area (Å²) in [6.07, 6.45) is 0. The van der Waals surface area contributed by atoms with E-state index >= 15 is 0 Å². The highest BCUT2D eigenvalue weighted by Crippen LogP contribution is 2.27. The molecule has 0 aliphatic carbocycles. The van der Waals surface area contributed by atoms with E-state index in [4.69, 9.17) is 9.47 Å². The van der Waals surface area contributed by atoms with Crippen LogP contribution in [0.25, 0.3) is 0 Å². The van der Waals surface area contributed by atoms with Gasteiger partial charge in [-0.05, 0) is 32.9 Å². The van der Waals surface area contributed by atoms with Crippen molar-refractivity contribution >= 4 is 0 Å². The summed E-state index contributed by atoms with van der Waals surface area (Å²) in [7, 11) is 3.36. The van der Waals surface area contributed by atoms with Gasteiger partial charge >= 0.3 is 0 Å². The zero-order valence-electron chi connectivity index (χ0n) is 12.7. The van der Waals surface area contributed by atoms with E-state index in [-0.39, 0.29) is 5.54 Å². The van der Waals surface area contributed by atoms with Crippen LogP contribution in [-0.4, -0.2) is 32.8 Å². The van der Waals surface area contributed by atoms with E-state index in [9.17, 15) is 0 Å². The van der Waals surface area contributed by atoms with Crippen molar-refractivity contribution in [1.82, 2.24) is 10.6 Å². The van der Waals surface area contributed by atoms with Crippen LogP contribution in [0.15, 0.2) is 18.2 Å². The van der Waals surface area contributed by atoms with Gasteiger partial charge in [0, 0.05) is 30.7 Å². The summed E-state index contributed by atoms with van der Waals surface area (Å²) in [5.74, 6) is 1.71. The van der Waals surface area contributed by atoms with Crippen LogP contribution < -0.4 is 20.1 Å². The fourth-order valence-electron chi connectivity index (χ4n) is 1.84. The van der Waals surface area contributed by atoms with Crippen molar-refractivity contribution in [2.24, 2.45) is 0 Å². The zero-order chi connectivity index (χ0) is 14.3. The minimum Gasteiger partial charge on any atom is -0.496 e. The maximum Gasteiger partial charge on any atom is 0.127 e. The maximum atomic E-state index is 5.36. The van der Waals surface area contributed by atoms with Gasteiger partial charge in [0.05, 0.1) is 14.2 Å². The monoisotopic (exact) mass is 266 g/mol. The Kier molecular flexibility index (Phi) is 6.12. The SMILES string of the molecule is COc1cccc(OC)c1CNCCNC(C)(C)C. The van der Waals surface area contributed by atoms with Crippen molar-refractivity contribution in [3.8, 4) is 11.5 Å². The van der Waals surface area contributed by atoms with E-state index in [0.717, 1.165) is 36.7 Å². The first-order valence-corrected chi connectivity index (χ1v) is 6.63. The molecule has 1 rings (SSSR count). The van der Waals surface area contributed by atoms with Gasteiger partial charge in [-0.3, -0.25) is 0 Å². The van der Waals surface area contributed by atoms with Crippen LogP contribution in [0.2, 0.25) is 0 Å². The standard InChI is InChI=1S/C15H26N2O2/c1-15(2,3)17-10-9-16-11-12-13(18-4)7-6-8-14(12)19-5/h6-8,16-17H,9-11H2,1-5H3. The number of methoxy groups -OCH3 is 2. The molecule has 0 heterocycles. The highest BCUT2D eigenvalue weighted by Gasteiger charge is 2.10. The topological polar surface area (TPSA) is 42.5 Å². The first-order chi connectivity index (χ1) is 8.98. The molecule has 4 heteroatoms. The van der Waals surface area contributed by atoms with Crippen LogP contribution in [0.1, 0.15) is 26.3 Å². The van der Waals surface area contributed by atoms with E-state index < -0.39 is 0 Å². The van der Waals surface area contributed by atoms with E-state index in [1.54, 1.807) is 14.2 Å². The molecule has 2 N–H and O–H groups in total. The summed E-state index contributed by atoms with van der Waals surface area (Å²) in [4.78, 5) is 0. The van der Waals surface area contributed by atoms with Gasteiger partial charge < -0.3 is 20.1 Å². The molecular formula is C15H26N2O2. The van der Waals surface area contributed by atoms with Crippen molar-refractivity contribution in [3.63, 3.8) is 0 Å². The van der Waals surface area contributed by atoms with Gasteiger partial charge in [-0.1, -0.05) is 6.07 Å². The molecule has 19 heavy (non-hydrogen) atoms. The predicted octanol–water partition coefficient (Wildman–Crippen LogP) is 2.18. The third kappa shape index (κ3) is 5.49. The maximum absolute atomic E-state index is 5.36. The highest BCUT2D eigenvalue weighted by atomic mass is 16.5. The molecule has 0 unspecified atom stereocenters. The molecule has 108 valence electrons. The zero-order valence-corrected chi connectivity index (χ0v) is 12.7. The molecule has 0 bridgehead atoms. The fourth-order valence-corrected chi connectivity index (χ4v) is 1.84. The Morgan fingerprint density at radius 1 is 1.00 bits per heavy atom. The van der Waals surface area contributed by atoms with Gasteiger partial charge in [-0.15, -0.1) is 0 Å². The second-order valence-electron chi connectivity index (χ2n) is 5.49. The minimum atomic E-state index is 0.157. The average molecular weight is 266 g/mol. The molecule has 4 nitrogen and oxygen atoms in total. The Labute approximate surface area is 116 Å². The lowest BCUT2D eigenvalue weighted by Gasteiger charge is -2.20. The van der Waals surface area contributed by atoms with Crippen molar-refractivity contribution in [2.45, 2.75) is 32.9 Å². The van der Waals surface area contributed by atoms with Crippen LogP contribution in [0.3, 0.4) is 0 Å². The van der Waals surface area contributed by atoms with Crippen molar-refractivity contribution in [2.75, 3.05) is 27.3 Å². The highest BCUT2D eigenvalue weighted by molar-refractivity contribution is 5.44. The third-order valence-electron chi connectivity index (χ3n) is 2.79. The van der Waals surface area contributed by atoms with Gasteiger partial charge in [0.15, 0.2) is 0 Å². The van der Waals surface area contributed by atoms with Crippen LogP contribution in [-0.2, 0) is 6.54 Å². The van der Waals surface area contributed by atoms with E-state index in [1.165, 1.54) is 0 Å². The summed E-state index contributed by atoms with van der Waals surface area (Å²) in [6, 6.07) is 5.84. The lowest BCUT2D eigenvalue weighted by atomic mass is 10.1. The largest absolute Gasteiger partial charge is 0.496 e.